The van der Waals surface area contributed by atoms with Crippen molar-refractivity contribution in [3.05, 3.63) is 0 Å². The van der Waals surface area contributed by atoms with E-state index in [0.29, 0.717) is 25.8 Å². The van der Waals surface area contributed by atoms with Crippen molar-refractivity contribution in [2.75, 3.05) is 6.54 Å². The van der Waals surface area contributed by atoms with E-state index in [9.17, 15) is 14.4 Å². The summed E-state index contributed by atoms with van der Waals surface area (Å²) < 4.78 is 0. The van der Waals surface area contributed by atoms with Gasteiger partial charge in [-0.15, -0.1) is 0 Å². The maximum atomic E-state index is 12.4. The van der Waals surface area contributed by atoms with E-state index in [-0.39, 0.29) is 24.3 Å². The van der Waals surface area contributed by atoms with Crippen LogP contribution in [0.1, 0.15) is 44.9 Å². The number of rotatable bonds is 4. The molecule has 2 saturated heterocycles. The molecule has 2 rings (SSSR count). The summed E-state index contributed by atoms with van der Waals surface area (Å²) in [6.07, 6.45) is 4.40. The fourth-order valence-corrected chi connectivity index (χ4v) is 2.88. The number of carboxylic acids is 1. The number of nitrogens with zero attached hydrogens (tertiary/aromatic N) is 1. The highest BCUT2D eigenvalue weighted by atomic mass is 16.4. The monoisotopic (exact) mass is 268 g/mol. The largest absolute Gasteiger partial charge is 0.481 e. The molecule has 2 fully saturated rings. The average Bonchev–Trinajstić information content (AvgIpc) is 2.82. The predicted molar refractivity (Wildman–Crippen MR) is 67.4 cm³/mol. The third kappa shape index (κ3) is 3.45. The van der Waals surface area contributed by atoms with E-state index in [1.807, 2.05) is 0 Å². The summed E-state index contributed by atoms with van der Waals surface area (Å²) in [5.41, 5.74) is 0. The lowest BCUT2D eigenvalue weighted by molar-refractivity contribution is -0.141. The smallest absolute Gasteiger partial charge is 0.303 e. The van der Waals surface area contributed by atoms with Gasteiger partial charge < -0.3 is 15.3 Å². The van der Waals surface area contributed by atoms with Crippen molar-refractivity contribution in [1.82, 2.24) is 10.2 Å². The summed E-state index contributed by atoms with van der Waals surface area (Å²) in [5.74, 6) is -0.939. The highest BCUT2D eigenvalue weighted by molar-refractivity contribution is 5.91. The number of aliphatic carboxylic acids is 1. The van der Waals surface area contributed by atoms with Gasteiger partial charge in [0.15, 0.2) is 0 Å². The number of amides is 2. The minimum absolute atomic E-state index is 0.00912. The zero-order valence-corrected chi connectivity index (χ0v) is 10.9. The second-order valence-electron chi connectivity index (χ2n) is 5.27. The molecule has 0 radical (unpaired) electrons. The molecule has 2 aliphatic rings. The van der Waals surface area contributed by atoms with Crippen LogP contribution < -0.4 is 5.32 Å². The molecule has 0 bridgehead atoms. The van der Waals surface area contributed by atoms with Gasteiger partial charge in [-0.2, -0.15) is 0 Å². The number of piperidine rings is 1. The van der Waals surface area contributed by atoms with E-state index in [4.69, 9.17) is 5.11 Å². The molecule has 6 nitrogen and oxygen atoms in total. The van der Waals surface area contributed by atoms with Gasteiger partial charge in [0.25, 0.3) is 0 Å². The Morgan fingerprint density at radius 1 is 1.32 bits per heavy atom. The third-order valence-electron chi connectivity index (χ3n) is 3.90. The first-order chi connectivity index (χ1) is 9.08. The Bertz CT molecular complexity index is 383. The van der Waals surface area contributed by atoms with Crippen molar-refractivity contribution in [2.24, 2.45) is 0 Å². The number of nitrogens with one attached hydrogen (secondary N) is 1. The predicted octanol–water partition coefficient (Wildman–Crippen LogP) is 0.511. The molecule has 6 heteroatoms. The second kappa shape index (κ2) is 6.04. The van der Waals surface area contributed by atoms with E-state index < -0.39 is 12.0 Å². The summed E-state index contributed by atoms with van der Waals surface area (Å²) in [4.78, 5) is 36.0. The molecule has 0 aromatic rings. The summed E-state index contributed by atoms with van der Waals surface area (Å²) in [6.45, 7) is 0.676. The summed E-state index contributed by atoms with van der Waals surface area (Å²) in [7, 11) is 0. The van der Waals surface area contributed by atoms with Gasteiger partial charge in [0, 0.05) is 25.4 Å². The van der Waals surface area contributed by atoms with Crippen LogP contribution in [-0.2, 0) is 14.4 Å². The van der Waals surface area contributed by atoms with Gasteiger partial charge in [-0.05, 0) is 32.1 Å². The van der Waals surface area contributed by atoms with Crippen LogP contribution in [0, 0.1) is 0 Å². The maximum absolute atomic E-state index is 12.4. The Kier molecular flexibility index (Phi) is 4.39. The first-order valence-electron chi connectivity index (χ1n) is 6.89. The number of carbonyl (C=O) groups excluding carboxylic acids is 2. The first kappa shape index (κ1) is 13.8. The van der Waals surface area contributed by atoms with Gasteiger partial charge in [0.2, 0.25) is 11.8 Å². The highest BCUT2D eigenvalue weighted by Crippen LogP contribution is 2.23. The zero-order valence-electron chi connectivity index (χ0n) is 10.9. The molecule has 0 spiro atoms. The summed E-state index contributed by atoms with van der Waals surface area (Å²) >= 11 is 0. The molecule has 2 atom stereocenters. The van der Waals surface area contributed by atoms with Gasteiger partial charge in [0.1, 0.15) is 6.04 Å². The quantitative estimate of drug-likeness (QED) is 0.778. The molecule has 106 valence electrons. The molecule has 0 aliphatic carbocycles. The maximum Gasteiger partial charge on any atom is 0.303 e. The van der Waals surface area contributed by atoms with E-state index in [0.717, 1.165) is 19.3 Å². The van der Waals surface area contributed by atoms with Crippen molar-refractivity contribution in [3.63, 3.8) is 0 Å². The molecule has 0 aromatic heterocycles. The number of carbonyl (C=O) groups is 3. The van der Waals surface area contributed by atoms with E-state index in [2.05, 4.69) is 5.32 Å². The zero-order chi connectivity index (χ0) is 13.8. The van der Waals surface area contributed by atoms with E-state index >= 15 is 0 Å². The van der Waals surface area contributed by atoms with Crippen molar-refractivity contribution < 1.29 is 19.5 Å². The average molecular weight is 268 g/mol. The Morgan fingerprint density at radius 2 is 2.11 bits per heavy atom. The van der Waals surface area contributed by atoms with E-state index in [1.54, 1.807) is 4.90 Å². The van der Waals surface area contributed by atoms with Crippen LogP contribution >= 0.6 is 0 Å². The van der Waals surface area contributed by atoms with Crippen LogP contribution in [0.4, 0.5) is 0 Å². The minimum atomic E-state index is -0.827. The molecular formula is C13H20N2O4. The van der Waals surface area contributed by atoms with Crippen LogP contribution in [0.25, 0.3) is 0 Å². The van der Waals surface area contributed by atoms with Crippen LogP contribution in [0.5, 0.6) is 0 Å². The van der Waals surface area contributed by atoms with Gasteiger partial charge in [-0.3, -0.25) is 14.4 Å². The van der Waals surface area contributed by atoms with Crippen LogP contribution in [0.2, 0.25) is 0 Å². The fourth-order valence-electron chi connectivity index (χ4n) is 2.88. The molecule has 2 aliphatic heterocycles. The molecule has 0 saturated carbocycles. The standard InChI is InChI=1S/C13H20N2O4/c16-11-6-5-10(14-11)13(19)15-8-2-1-3-9(15)4-7-12(17)18/h9-10H,1-8H2,(H,14,16)(H,17,18)/t9?,10-/m1/s1. The molecular weight excluding hydrogens is 248 g/mol. The number of likely N-dealkylation sites (tertiary alicyclic amines) is 1. The molecule has 1 unspecified atom stereocenters. The Labute approximate surface area is 112 Å². The Balaban J connectivity index is 1.96. The lowest BCUT2D eigenvalue weighted by Crippen LogP contribution is -2.51. The third-order valence-corrected chi connectivity index (χ3v) is 3.90. The van der Waals surface area contributed by atoms with Gasteiger partial charge in [-0.1, -0.05) is 0 Å². The topological polar surface area (TPSA) is 86.7 Å². The normalized spacial score (nSPS) is 27.2. The molecule has 2 heterocycles. The second-order valence-corrected chi connectivity index (χ2v) is 5.27. The van der Waals surface area contributed by atoms with Crippen LogP contribution in [0.15, 0.2) is 0 Å². The summed E-state index contributed by atoms with van der Waals surface area (Å²) in [5, 5.41) is 11.4. The SMILES string of the molecule is O=C(O)CCC1CCCCN1C(=O)[C@H]1CCC(=O)N1. The molecule has 0 aromatic carbocycles. The van der Waals surface area contributed by atoms with Crippen molar-refractivity contribution in [2.45, 2.75) is 57.0 Å². The Hall–Kier alpha value is -1.59. The first-order valence-corrected chi connectivity index (χ1v) is 6.89. The van der Waals surface area contributed by atoms with Crippen molar-refractivity contribution in [3.8, 4) is 0 Å². The van der Waals surface area contributed by atoms with E-state index in [1.165, 1.54) is 0 Å². The van der Waals surface area contributed by atoms with Crippen molar-refractivity contribution in [1.29, 1.82) is 0 Å². The molecule has 19 heavy (non-hydrogen) atoms. The van der Waals surface area contributed by atoms with Gasteiger partial charge in [-0.25, -0.2) is 0 Å². The van der Waals surface area contributed by atoms with Crippen LogP contribution in [-0.4, -0.2) is 46.4 Å². The highest BCUT2D eigenvalue weighted by Gasteiger charge is 2.34. The fraction of sp³-hybridized carbons (Fsp3) is 0.769. The molecule has 2 N–H and O–H groups in total. The van der Waals surface area contributed by atoms with Gasteiger partial charge >= 0.3 is 5.97 Å². The Morgan fingerprint density at radius 3 is 2.74 bits per heavy atom. The van der Waals surface area contributed by atoms with Crippen molar-refractivity contribution >= 4 is 17.8 Å². The van der Waals surface area contributed by atoms with Crippen LogP contribution in [0.3, 0.4) is 0 Å². The number of hydrogen-bond donors (Lipinski definition) is 2. The lowest BCUT2D eigenvalue weighted by atomic mass is 9.97. The van der Waals surface area contributed by atoms with Gasteiger partial charge in [0.05, 0.1) is 0 Å². The number of hydrogen-bond acceptors (Lipinski definition) is 3. The number of carboxylic acid groups (broad SMARTS) is 1. The summed E-state index contributed by atoms with van der Waals surface area (Å²) in [6, 6.07) is -0.396. The minimum Gasteiger partial charge on any atom is -0.481 e. The lowest BCUT2D eigenvalue weighted by Gasteiger charge is -2.37. The molecule has 2 amide bonds.